The molecule has 12 nitrogen and oxygen atoms in total. The normalized spacial score (nSPS) is 12.2. The van der Waals surface area contributed by atoms with E-state index in [9.17, 15) is 28.8 Å². The molecular weight excluding hydrogens is 552 g/mol. The summed E-state index contributed by atoms with van der Waals surface area (Å²) in [4.78, 5) is 69.9. The van der Waals surface area contributed by atoms with Gasteiger partial charge in [0.2, 0.25) is 0 Å². The van der Waals surface area contributed by atoms with Crippen molar-refractivity contribution in [1.29, 1.82) is 0 Å². The first-order valence-corrected chi connectivity index (χ1v) is 12.5. The molecule has 0 fully saturated rings. The Morgan fingerprint density at radius 2 is 0.833 bits per heavy atom. The van der Waals surface area contributed by atoms with Gasteiger partial charge in [-0.15, -0.1) is 0 Å². The molecule has 0 bridgehead atoms. The van der Waals surface area contributed by atoms with Gasteiger partial charge in [-0.25, -0.2) is 9.59 Å². The van der Waals surface area contributed by atoms with Gasteiger partial charge in [0.25, 0.3) is 0 Å². The SMILES string of the molecule is CC(=O)Oc1ccc(/C=C/C(=O)O[C@@H](C)[C@H](C)OC(=O)/C=C/c2ccc(OC(C)=O)c(OC(C)=O)c2)cc1OC(C)=O. The second-order valence-corrected chi connectivity index (χ2v) is 8.74. The minimum Gasteiger partial charge on any atom is -0.456 e. The Balaban J connectivity index is 1.99. The Kier molecular flexibility index (Phi) is 12.2. The van der Waals surface area contributed by atoms with Crippen LogP contribution in [0.3, 0.4) is 0 Å². The van der Waals surface area contributed by atoms with Crippen LogP contribution in [0.15, 0.2) is 48.6 Å². The largest absolute Gasteiger partial charge is 0.456 e. The van der Waals surface area contributed by atoms with E-state index in [4.69, 9.17) is 28.4 Å². The van der Waals surface area contributed by atoms with Gasteiger partial charge < -0.3 is 28.4 Å². The maximum atomic E-state index is 12.3. The van der Waals surface area contributed by atoms with Crippen LogP contribution >= 0.6 is 0 Å². The predicted octanol–water partition coefficient (Wildman–Crippen LogP) is 3.98. The molecule has 0 unspecified atom stereocenters. The highest BCUT2D eigenvalue weighted by molar-refractivity contribution is 5.88. The van der Waals surface area contributed by atoms with E-state index in [2.05, 4.69) is 0 Å². The van der Waals surface area contributed by atoms with Gasteiger partial charge in [-0.05, 0) is 61.4 Å². The van der Waals surface area contributed by atoms with Crippen molar-refractivity contribution in [3.05, 3.63) is 59.7 Å². The summed E-state index contributed by atoms with van der Waals surface area (Å²) >= 11 is 0. The molecule has 42 heavy (non-hydrogen) atoms. The summed E-state index contributed by atoms with van der Waals surface area (Å²) in [6.07, 6.45) is 3.42. The third-order valence-electron chi connectivity index (χ3n) is 5.04. The fraction of sp³-hybridized carbons (Fsp3) is 0.267. The average Bonchev–Trinajstić information content (AvgIpc) is 2.87. The summed E-state index contributed by atoms with van der Waals surface area (Å²) in [6, 6.07) is 8.70. The Hall–Kier alpha value is -5.26. The summed E-state index contributed by atoms with van der Waals surface area (Å²) < 4.78 is 30.7. The van der Waals surface area contributed by atoms with Gasteiger partial charge in [0, 0.05) is 39.8 Å². The van der Waals surface area contributed by atoms with E-state index in [0.717, 1.165) is 12.2 Å². The molecule has 0 heterocycles. The minimum absolute atomic E-state index is 0.00175. The van der Waals surface area contributed by atoms with Gasteiger partial charge in [-0.1, -0.05) is 12.1 Å². The van der Waals surface area contributed by atoms with E-state index in [1.54, 1.807) is 13.8 Å². The number of ether oxygens (including phenoxy) is 6. The molecule has 0 aliphatic rings. The van der Waals surface area contributed by atoms with Crippen LogP contribution in [0.25, 0.3) is 12.2 Å². The molecule has 12 heteroatoms. The highest BCUT2D eigenvalue weighted by atomic mass is 16.6. The Bertz CT molecular complexity index is 1310. The molecule has 2 rings (SSSR count). The van der Waals surface area contributed by atoms with E-state index in [1.165, 1.54) is 76.2 Å². The van der Waals surface area contributed by atoms with Crippen molar-refractivity contribution in [3.63, 3.8) is 0 Å². The first kappa shape index (κ1) is 32.9. The molecule has 222 valence electrons. The molecule has 2 aromatic carbocycles. The van der Waals surface area contributed by atoms with E-state index in [0.29, 0.717) is 11.1 Å². The smallest absolute Gasteiger partial charge is 0.331 e. The summed E-state index contributed by atoms with van der Waals surface area (Å²) in [5, 5.41) is 0. The molecular formula is C30H30O12. The van der Waals surface area contributed by atoms with Crippen LogP contribution in [0.5, 0.6) is 23.0 Å². The van der Waals surface area contributed by atoms with Crippen LogP contribution in [0.1, 0.15) is 52.7 Å². The second kappa shape index (κ2) is 15.5. The minimum atomic E-state index is -0.818. The number of carbonyl (C=O) groups excluding carboxylic acids is 6. The van der Waals surface area contributed by atoms with E-state index in [-0.39, 0.29) is 23.0 Å². The number of benzene rings is 2. The van der Waals surface area contributed by atoms with Gasteiger partial charge in [0.05, 0.1) is 0 Å². The molecule has 2 atom stereocenters. The zero-order valence-electron chi connectivity index (χ0n) is 23.8. The van der Waals surface area contributed by atoms with Gasteiger partial charge in [0.15, 0.2) is 23.0 Å². The first-order valence-electron chi connectivity index (χ1n) is 12.5. The van der Waals surface area contributed by atoms with Crippen molar-refractivity contribution in [1.82, 2.24) is 0 Å². The molecule has 0 amide bonds. The summed E-state index contributed by atoms with van der Waals surface area (Å²) in [7, 11) is 0. The van der Waals surface area contributed by atoms with Gasteiger partial charge >= 0.3 is 35.8 Å². The number of carbonyl (C=O) groups is 6. The monoisotopic (exact) mass is 582 g/mol. The van der Waals surface area contributed by atoms with Crippen LogP contribution in [-0.2, 0) is 38.2 Å². The standard InChI is InChI=1S/C30H30O12/c1-17(37-29(35)13-9-23-7-11-25(39-19(3)31)27(15-23)41-21(5)33)18(2)38-30(36)14-10-24-8-12-26(40-20(4)32)28(16-24)42-22(6)34/h7-18H,1-6H3/b13-9+,14-10+/t17-,18-/m0/s1. The lowest BCUT2D eigenvalue weighted by atomic mass is 10.2. The average molecular weight is 583 g/mol. The number of rotatable bonds is 11. The Labute approximate surface area is 241 Å². The molecule has 0 saturated carbocycles. The van der Waals surface area contributed by atoms with Crippen molar-refractivity contribution >= 4 is 48.0 Å². The summed E-state index contributed by atoms with van der Waals surface area (Å²) in [6.45, 7) is 7.86. The third-order valence-corrected chi connectivity index (χ3v) is 5.04. The van der Waals surface area contributed by atoms with Gasteiger partial charge in [0.1, 0.15) is 12.2 Å². The van der Waals surface area contributed by atoms with Crippen molar-refractivity contribution < 1.29 is 57.2 Å². The number of hydrogen-bond acceptors (Lipinski definition) is 12. The van der Waals surface area contributed by atoms with Crippen LogP contribution in [0.4, 0.5) is 0 Å². The Morgan fingerprint density at radius 3 is 1.14 bits per heavy atom. The van der Waals surface area contributed by atoms with Gasteiger partial charge in [-0.2, -0.15) is 0 Å². The summed E-state index contributed by atoms with van der Waals surface area (Å²) in [5.41, 5.74) is 0.906. The maximum Gasteiger partial charge on any atom is 0.331 e. The van der Waals surface area contributed by atoms with Crippen LogP contribution in [-0.4, -0.2) is 48.0 Å². The molecule has 0 aliphatic heterocycles. The van der Waals surface area contributed by atoms with Crippen LogP contribution < -0.4 is 18.9 Å². The maximum absolute atomic E-state index is 12.3. The zero-order valence-corrected chi connectivity index (χ0v) is 23.8. The van der Waals surface area contributed by atoms with Crippen LogP contribution in [0, 0.1) is 0 Å². The fourth-order valence-electron chi connectivity index (χ4n) is 3.17. The number of hydrogen-bond donors (Lipinski definition) is 0. The number of esters is 6. The molecule has 0 aliphatic carbocycles. The highest BCUT2D eigenvalue weighted by Gasteiger charge is 2.19. The van der Waals surface area contributed by atoms with Crippen molar-refractivity contribution in [2.75, 3.05) is 0 Å². The van der Waals surface area contributed by atoms with Crippen molar-refractivity contribution in [3.8, 4) is 23.0 Å². The van der Waals surface area contributed by atoms with Crippen molar-refractivity contribution in [2.24, 2.45) is 0 Å². The second-order valence-electron chi connectivity index (χ2n) is 8.74. The molecule has 0 saturated heterocycles. The lowest BCUT2D eigenvalue weighted by Crippen LogP contribution is -2.29. The zero-order chi connectivity index (χ0) is 31.4. The van der Waals surface area contributed by atoms with E-state index < -0.39 is 48.0 Å². The van der Waals surface area contributed by atoms with Crippen molar-refractivity contribution in [2.45, 2.75) is 53.8 Å². The molecule has 0 spiro atoms. The lowest BCUT2D eigenvalue weighted by molar-refractivity contribution is -0.158. The predicted molar refractivity (Wildman–Crippen MR) is 147 cm³/mol. The van der Waals surface area contributed by atoms with E-state index >= 15 is 0 Å². The molecule has 2 aromatic rings. The fourth-order valence-corrected chi connectivity index (χ4v) is 3.17. The molecule has 0 N–H and O–H groups in total. The topological polar surface area (TPSA) is 158 Å². The quantitative estimate of drug-likeness (QED) is 0.213. The lowest BCUT2D eigenvalue weighted by Gasteiger charge is -2.19. The van der Waals surface area contributed by atoms with Crippen LogP contribution in [0.2, 0.25) is 0 Å². The van der Waals surface area contributed by atoms with E-state index in [1.807, 2.05) is 0 Å². The molecule has 0 aromatic heterocycles. The third kappa shape index (κ3) is 11.5. The first-order chi connectivity index (χ1) is 19.7. The van der Waals surface area contributed by atoms with Gasteiger partial charge in [-0.3, -0.25) is 19.2 Å². The summed E-state index contributed by atoms with van der Waals surface area (Å²) in [5.74, 6) is -3.83. The Morgan fingerprint density at radius 1 is 0.524 bits per heavy atom. The molecule has 0 radical (unpaired) electrons. The highest BCUT2D eigenvalue weighted by Crippen LogP contribution is 2.30.